The van der Waals surface area contributed by atoms with Crippen LogP contribution in [0.25, 0.3) is 0 Å². The van der Waals surface area contributed by atoms with Gasteiger partial charge in [-0.05, 0) is 19.8 Å². The molecule has 0 aromatic carbocycles. The second kappa shape index (κ2) is 10.2. The van der Waals surface area contributed by atoms with Crippen LogP contribution < -0.4 is 5.32 Å². The summed E-state index contributed by atoms with van der Waals surface area (Å²) in [5, 5.41) is 2.59. The van der Waals surface area contributed by atoms with Crippen molar-refractivity contribution in [3.63, 3.8) is 0 Å². The van der Waals surface area contributed by atoms with Crippen LogP contribution in [0.2, 0.25) is 0 Å². The van der Waals surface area contributed by atoms with Gasteiger partial charge in [0.2, 0.25) is 5.91 Å². The van der Waals surface area contributed by atoms with Gasteiger partial charge >= 0.3 is 11.9 Å². The molecule has 0 rings (SSSR count). The van der Waals surface area contributed by atoms with Gasteiger partial charge in [0, 0.05) is 6.54 Å². The average Bonchev–Trinajstić information content (AvgIpc) is 2.39. The molecule has 0 heterocycles. The molecule has 0 fully saturated rings. The van der Waals surface area contributed by atoms with E-state index < -0.39 is 17.8 Å². The second-order valence-electron chi connectivity index (χ2n) is 4.53. The maximum atomic E-state index is 11.8. The Morgan fingerprint density at radius 1 is 1.05 bits per heavy atom. The van der Waals surface area contributed by atoms with Gasteiger partial charge in [-0.3, -0.25) is 14.4 Å². The lowest BCUT2D eigenvalue weighted by Crippen LogP contribution is -2.37. The number of nitrogens with one attached hydrogen (secondary N) is 1. The van der Waals surface area contributed by atoms with Crippen LogP contribution in [-0.2, 0) is 23.9 Å². The Labute approximate surface area is 120 Å². The standard InChI is InChI=1S/C14H25NO5/c1-5-10(4)11(14(18)20-7-3)9-15-12(16)8-13(17)19-6-2/h10-11H,5-9H2,1-4H3,(H,15,16). The molecule has 1 amide bonds. The van der Waals surface area contributed by atoms with Crippen molar-refractivity contribution in [1.82, 2.24) is 5.32 Å². The van der Waals surface area contributed by atoms with Gasteiger partial charge in [-0.1, -0.05) is 20.3 Å². The molecule has 0 spiro atoms. The van der Waals surface area contributed by atoms with E-state index in [0.717, 1.165) is 6.42 Å². The quantitative estimate of drug-likeness (QED) is 0.510. The molecule has 0 bridgehead atoms. The highest BCUT2D eigenvalue weighted by molar-refractivity contribution is 5.94. The van der Waals surface area contributed by atoms with Crippen molar-refractivity contribution in [3.8, 4) is 0 Å². The first-order valence-corrected chi connectivity index (χ1v) is 7.05. The minimum absolute atomic E-state index is 0.0944. The molecule has 0 aliphatic carbocycles. The summed E-state index contributed by atoms with van der Waals surface area (Å²) in [5.41, 5.74) is 0. The van der Waals surface area contributed by atoms with Gasteiger partial charge in [-0.15, -0.1) is 0 Å². The molecule has 1 N–H and O–H groups in total. The van der Waals surface area contributed by atoms with Gasteiger partial charge < -0.3 is 14.8 Å². The lowest BCUT2D eigenvalue weighted by atomic mass is 9.91. The molecule has 2 atom stereocenters. The molecule has 116 valence electrons. The van der Waals surface area contributed by atoms with Crippen LogP contribution in [0.1, 0.15) is 40.5 Å². The van der Waals surface area contributed by atoms with Crippen molar-refractivity contribution in [3.05, 3.63) is 0 Å². The second-order valence-corrected chi connectivity index (χ2v) is 4.53. The SMILES string of the molecule is CCOC(=O)CC(=O)NCC(C(=O)OCC)C(C)CC. The van der Waals surface area contributed by atoms with Crippen molar-refractivity contribution in [1.29, 1.82) is 0 Å². The van der Waals surface area contributed by atoms with Crippen LogP contribution in [0.3, 0.4) is 0 Å². The molecule has 2 unspecified atom stereocenters. The number of carbonyl (C=O) groups is 3. The van der Waals surface area contributed by atoms with Gasteiger partial charge in [0.1, 0.15) is 6.42 Å². The first-order chi connectivity index (χ1) is 9.46. The Hall–Kier alpha value is -1.59. The molecular formula is C14H25NO5. The van der Waals surface area contributed by atoms with E-state index >= 15 is 0 Å². The van der Waals surface area contributed by atoms with E-state index in [4.69, 9.17) is 4.74 Å². The molecule has 0 aromatic rings. The fourth-order valence-electron chi connectivity index (χ4n) is 1.68. The Morgan fingerprint density at radius 2 is 1.65 bits per heavy atom. The van der Waals surface area contributed by atoms with Gasteiger partial charge in [-0.2, -0.15) is 0 Å². The topological polar surface area (TPSA) is 81.7 Å². The number of hydrogen-bond donors (Lipinski definition) is 1. The van der Waals surface area contributed by atoms with Crippen molar-refractivity contribution >= 4 is 17.8 Å². The minimum atomic E-state index is -0.568. The summed E-state index contributed by atoms with van der Waals surface area (Å²) in [5.74, 6) is -1.64. The Kier molecular flexibility index (Phi) is 9.41. The smallest absolute Gasteiger partial charge is 0.315 e. The monoisotopic (exact) mass is 287 g/mol. The van der Waals surface area contributed by atoms with Crippen LogP contribution >= 0.6 is 0 Å². The number of amides is 1. The zero-order valence-corrected chi connectivity index (χ0v) is 12.7. The third kappa shape index (κ3) is 7.11. The van der Waals surface area contributed by atoms with Crippen LogP contribution in [-0.4, -0.2) is 37.6 Å². The Bertz CT molecular complexity index is 330. The molecule has 6 nitrogen and oxygen atoms in total. The molecule has 20 heavy (non-hydrogen) atoms. The normalized spacial score (nSPS) is 13.2. The van der Waals surface area contributed by atoms with Gasteiger partial charge in [0.25, 0.3) is 0 Å². The fraction of sp³-hybridized carbons (Fsp3) is 0.786. The highest BCUT2D eigenvalue weighted by Crippen LogP contribution is 2.16. The zero-order chi connectivity index (χ0) is 15.5. The van der Waals surface area contributed by atoms with Crippen molar-refractivity contribution in [2.75, 3.05) is 19.8 Å². The van der Waals surface area contributed by atoms with Gasteiger partial charge in [-0.25, -0.2) is 0 Å². The first-order valence-electron chi connectivity index (χ1n) is 7.05. The summed E-state index contributed by atoms with van der Waals surface area (Å²) in [7, 11) is 0. The summed E-state index contributed by atoms with van der Waals surface area (Å²) >= 11 is 0. The number of rotatable bonds is 9. The largest absolute Gasteiger partial charge is 0.466 e. The maximum Gasteiger partial charge on any atom is 0.315 e. The van der Waals surface area contributed by atoms with E-state index in [9.17, 15) is 14.4 Å². The van der Waals surface area contributed by atoms with Crippen LogP contribution in [0, 0.1) is 11.8 Å². The third-order valence-corrected chi connectivity index (χ3v) is 3.05. The maximum absolute atomic E-state index is 11.8. The van der Waals surface area contributed by atoms with Gasteiger partial charge in [0.15, 0.2) is 0 Å². The highest BCUT2D eigenvalue weighted by Gasteiger charge is 2.26. The molecular weight excluding hydrogens is 262 g/mol. The number of hydrogen-bond acceptors (Lipinski definition) is 5. The predicted molar refractivity (Wildman–Crippen MR) is 73.8 cm³/mol. The minimum Gasteiger partial charge on any atom is -0.466 e. The van der Waals surface area contributed by atoms with Crippen molar-refractivity contribution in [2.24, 2.45) is 11.8 Å². The summed E-state index contributed by atoms with van der Waals surface area (Å²) < 4.78 is 9.68. The van der Waals surface area contributed by atoms with Gasteiger partial charge in [0.05, 0.1) is 19.1 Å². The van der Waals surface area contributed by atoms with E-state index in [1.165, 1.54) is 0 Å². The summed E-state index contributed by atoms with van der Waals surface area (Å²) in [6, 6.07) is 0. The molecule has 0 aliphatic rings. The predicted octanol–water partition coefficient (Wildman–Crippen LogP) is 1.28. The lowest BCUT2D eigenvalue weighted by Gasteiger charge is -2.21. The Balaban J connectivity index is 4.35. The molecule has 0 radical (unpaired) electrons. The zero-order valence-electron chi connectivity index (χ0n) is 12.7. The number of carbonyl (C=O) groups excluding carboxylic acids is 3. The summed E-state index contributed by atoms with van der Waals surface area (Å²) in [4.78, 5) is 34.5. The average molecular weight is 287 g/mol. The van der Waals surface area contributed by atoms with Crippen molar-refractivity contribution < 1.29 is 23.9 Å². The number of esters is 2. The van der Waals surface area contributed by atoms with Crippen LogP contribution in [0.5, 0.6) is 0 Å². The molecule has 6 heteroatoms. The van der Waals surface area contributed by atoms with Crippen LogP contribution in [0.15, 0.2) is 0 Å². The summed E-state index contributed by atoms with van der Waals surface area (Å²) in [6.45, 7) is 8.04. The van der Waals surface area contributed by atoms with E-state index in [-0.39, 0.29) is 31.5 Å². The molecule has 0 aromatic heterocycles. The first kappa shape index (κ1) is 18.4. The molecule has 0 saturated heterocycles. The van der Waals surface area contributed by atoms with E-state index in [0.29, 0.717) is 6.61 Å². The van der Waals surface area contributed by atoms with E-state index in [2.05, 4.69) is 10.1 Å². The highest BCUT2D eigenvalue weighted by atomic mass is 16.5. The van der Waals surface area contributed by atoms with E-state index in [1.54, 1.807) is 13.8 Å². The summed E-state index contributed by atoms with van der Waals surface area (Å²) in [6.07, 6.45) is 0.473. The Morgan fingerprint density at radius 3 is 2.15 bits per heavy atom. The third-order valence-electron chi connectivity index (χ3n) is 3.05. The molecule has 0 saturated carbocycles. The van der Waals surface area contributed by atoms with Crippen LogP contribution in [0.4, 0.5) is 0 Å². The van der Waals surface area contributed by atoms with E-state index in [1.807, 2.05) is 13.8 Å². The van der Waals surface area contributed by atoms with Crippen molar-refractivity contribution in [2.45, 2.75) is 40.5 Å². The number of ether oxygens (including phenoxy) is 2. The fourth-order valence-corrected chi connectivity index (χ4v) is 1.68. The lowest BCUT2D eigenvalue weighted by molar-refractivity contribution is -0.149. The molecule has 0 aliphatic heterocycles.